The van der Waals surface area contributed by atoms with Gasteiger partial charge in [0.05, 0.1) is 11.0 Å². The lowest BCUT2D eigenvalue weighted by Gasteiger charge is -2.10. The highest BCUT2D eigenvalue weighted by molar-refractivity contribution is 5.79. The first kappa shape index (κ1) is 17.1. The molecule has 27 heavy (non-hydrogen) atoms. The van der Waals surface area contributed by atoms with Crippen LogP contribution in [0.5, 0.6) is 0 Å². The van der Waals surface area contributed by atoms with E-state index in [1.165, 1.54) is 12.1 Å². The number of ether oxygens (including phenoxy) is 1. The standard InChI is InChI=1S/C19H13F3N2O3/c20-19(21,22)18-23-14-6-2-3-7-15(14)24(18)10-17(25)26-11-13-9-12-5-1-4-8-16(12)27-13/h1-9H,10-11H2. The molecule has 0 radical (unpaired) electrons. The number of para-hydroxylation sites is 3. The average Bonchev–Trinajstić information content (AvgIpc) is 3.21. The lowest BCUT2D eigenvalue weighted by atomic mass is 10.2. The Bertz CT molecular complexity index is 1100. The Morgan fingerprint density at radius 1 is 1.11 bits per heavy atom. The Kier molecular flexibility index (Phi) is 4.10. The van der Waals surface area contributed by atoms with E-state index in [1.807, 2.05) is 18.2 Å². The Morgan fingerprint density at radius 3 is 2.63 bits per heavy atom. The van der Waals surface area contributed by atoms with Crippen molar-refractivity contribution in [2.75, 3.05) is 0 Å². The van der Waals surface area contributed by atoms with Gasteiger partial charge in [0.25, 0.3) is 0 Å². The van der Waals surface area contributed by atoms with E-state index in [0.29, 0.717) is 11.3 Å². The summed E-state index contributed by atoms with van der Waals surface area (Å²) in [6, 6.07) is 15.1. The highest BCUT2D eigenvalue weighted by atomic mass is 19.4. The molecule has 2 aromatic carbocycles. The van der Waals surface area contributed by atoms with Crippen LogP contribution in [-0.4, -0.2) is 15.5 Å². The lowest BCUT2D eigenvalue weighted by Crippen LogP contribution is -2.20. The first-order valence-electron chi connectivity index (χ1n) is 8.07. The number of carbonyl (C=O) groups excluding carboxylic acids is 1. The number of rotatable bonds is 4. The number of furan rings is 1. The van der Waals surface area contributed by atoms with Crippen LogP contribution in [0.15, 0.2) is 59.0 Å². The topological polar surface area (TPSA) is 57.3 Å². The van der Waals surface area contributed by atoms with Crippen LogP contribution in [0.4, 0.5) is 13.2 Å². The van der Waals surface area contributed by atoms with Gasteiger partial charge in [-0.2, -0.15) is 13.2 Å². The molecule has 0 bridgehead atoms. The summed E-state index contributed by atoms with van der Waals surface area (Å²) in [6.45, 7) is -0.767. The van der Waals surface area contributed by atoms with Gasteiger partial charge in [-0.3, -0.25) is 4.79 Å². The minimum atomic E-state index is -4.68. The number of halogens is 3. The largest absolute Gasteiger partial charge is 0.457 e. The van der Waals surface area contributed by atoms with E-state index < -0.39 is 24.5 Å². The zero-order valence-electron chi connectivity index (χ0n) is 13.9. The summed E-state index contributed by atoms with van der Waals surface area (Å²) in [5.74, 6) is -1.54. The fourth-order valence-electron chi connectivity index (χ4n) is 2.89. The Morgan fingerprint density at radius 2 is 1.85 bits per heavy atom. The molecule has 2 heterocycles. The predicted molar refractivity (Wildman–Crippen MR) is 90.7 cm³/mol. The number of esters is 1. The number of hydrogen-bond donors (Lipinski definition) is 0. The monoisotopic (exact) mass is 374 g/mol. The molecule has 0 amide bonds. The van der Waals surface area contributed by atoms with Crippen molar-refractivity contribution in [2.45, 2.75) is 19.3 Å². The Labute approximate surface area is 151 Å². The third kappa shape index (κ3) is 3.38. The molecule has 0 aliphatic rings. The van der Waals surface area contributed by atoms with Crippen molar-refractivity contribution in [3.63, 3.8) is 0 Å². The van der Waals surface area contributed by atoms with Crippen molar-refractivity contribution in [1.82, 2.24) is 9.55 Å². The van der Waals surface area contributed by atoms with Crippen molar-refractivity contribution in [2.24, 2.45) is 0 Å². The van der Waals surface area contributed by atoms with Gasteiger partial charge in [0.15, 0.2) is 0 Å². The van der Waals surface area contributed by atoms with Gasteiger partial charge in [0.1, 0.15) is 24.5 Å². The third-order valence-corrected chi connectivity index (χ3v) is 4.05. The molecule has 2 aromatic heterocycles. The minimum Gasteiger partial charge on any atom is -0.457 e. The molecule has 0 saturated heterocycles. The summed E-state index contributed by atoms with van der Waals surface area (Å²) in [6.07, 6.45) is -4.68. The van der Waals surface area contributed by atoms with Crippen molar-refractivity contribution in [3.05, 3.63) is 66.2 Å². The van der Waals surface area contributed by atoms with Gasteiger partial charge in [-0.15, -0.1) is 0 Å². The van der Waals surface area contributed by atoms with Crippen LogP contribution in [0.3, 0.4) is 0 Å². The van der Waals surface area contributed by atoms with Gasteiger partial charge in [-0.25, -0.2) is 4.98 Å². The molecule has 8 heteroatoms. The third-order valence-electron chi connectivity index (χ3n) is 4.05. The number of alkyl halides is 3. The molecule has 0 fully saturated rings. The van der Waals surface area contributed by atoms with Gasteiger partial charge in [-0.05, 0) is 24.3 Å². The number of fused-ring (bicyclic) bond motifs is 2. The molecule has 4 aromatic rings. The van der Waals surface area contributed by atoms with Crippen molar-refractivity contribution < 1.29 is 27.1 Å². The summed E-state index contributed by atoms with van der Waals surface area (Å²) in [5.41, 5.74) is 1.02. The molecule has 0 spiro atoms. The fraction of sp³-hybridized carbons (Fsp3) is 0.158. The number of nitrogens with zero attached hydrogens (tertiary/aromatic N) is 2. The van der Waals surface area contributed by atoms with E-state index >= 15 is 0 Å². The van der Waals surface area contributed by atoms with Gasteiger partial charge in [-0.1, -0.05) is 30.3 Å². The molecule has 0 aliphatic heterocycles. The van der Waals surface area contributed by atoms with Crippen molar-refractivity contribution in [3.8, 4) is 0 Å². The fourth-order valence-corrected chi connectivity index (χ4v) is 2.89. The van der Waals surface area contributed by atoms with E-state index in [-0.39, 0.29) is 17.6 Å². The predicted octanol–water partition coefficient (Wildman–Crippen LogP) is 4.54. The summed E-state index contributed by atoms with van der Waals surface area (Å²) in [4.78, 5) is 15.7. The van der Waals surface area contributed by atoms with Crippen molar-refractivity contribution >= 4 is 28.0 Å². The van der Waals surface area contributed by atoms with Crippen LogP contribution >= 0.6 is 0 Å². The minimum absolute atomic E-state index is 0.162. The highest BCUT2D eigenvalue weighted by Gasteiger charge is 2.38. The molecule has 0 aliphatic carbocycles. The van der Waals surface area contributed by atoms with Crippen LogP contribution in [0.2, 0.25) is 0 Å². The molecule has 4 rings (SSSR count). The maximum atomic E-state index is 13.3. The quantitative estimate of drug-likeness (QED) is 0.492. The number of benzene rings is 2. The molecule has 0 atom stereocenters. The smallest absolute Gasteiger partial charge is 0.449 e. The van der Waals surface area contributed by atoms with E-state index in [9.17, 15) is 18.0 Å². The molecule has 5 nitrogen and oxygen atoms in total. The first-order chi connectivity index (χ1) is 12.9. The maximum absolute atomic E-state index is 13.3. The molecule has 0 N–H and O–H groups in total. The number of carbonyl (C=O) groups is 1. The first-order valence-corrected chi connectivity index (χ1v) is 8.07. The van der Waals surface area contributed by atoms with Crippen LogP contribution < -0.4 is 0 Å². The van der Waals surface area contributed by atoms with Crippen LogP contribution in [0.25, 0.3) is 22.0 Å². The van der Waals surface area contributed by atoms with E-state index in [2.05, 4.69) is 4.98 Å². The van der Waals surface area contributed by atoms with E-state index in [0.717, 1.165) is 9.95 Å². The maximum Gasteiger partial charge on any atom is 0.449 e. The van der Waals surface area contributed by atoms with Gasteiger partial charge in [0, 0.05) is 5.39 Å². The van der Waals surface area contributed by atoms with E-state index in [4.69, 9.17) is 9.15 Å². The number of hydrogen-bond acceptors (Lipinski definition) is 4. The molecular weight excluding hydrogens is 361 g/mol. The molecular formula is C19H13F3N2O3. The number of aromatic nitrogens is 2. The average molecular weight is 374 g/mol. The van der Waals surface area contributed by atoms with Crippen LogP contribution in [-0.2, 0) is 28.9 Å². The Balaban J connectivity index is 1.54. The summed E-state index contributed by atoms with van der Waals surface area (Å²) >= 11 is 0. The summed E-state index contributed by atoms with van der Waals surface area (Å²) in [5, 5.41) is 0.850. The number of imidazole rings is 1. The van der Waals surface area contributed by atoms with Gasteiger partial charge >= 0.3 is 12.1 Å². The Hall–Kier alpha value is -3.29. The SMILES string of the molecule is O=C(Cn1c(C(F)(F)F)nc2ccccc21)OCc1cc2ccccc2o1. The molecule has 138 valence electrons. The van der Waals surface area contributed by atoms with Crippen LogP contribution in [0.1, 0.15) is 11.6 Å². The van der Waals surface area contributed by atoms with E-state index in [1.54, 1.807) is 24.3 Å². The van der Waals surface area contributed by atoms with Crippen LogP contribution in [0, 0.1) is 0 Å². The second kappa shape index (κ2) is 6.46. The summed E-state index contributed by atoms with van der Waals surface area (Å²) in [7, 11) is 0. The molecule has 0 unspecified atom stereocenters. The summed E-state index contributed by atoms with van der Waals surface area (Å²) < 4.78 is 51.2. The van der Waals surface area contributed by atoms with Crippen molar-refractivity contribution in [1.29, 1.82) is 0 Å². The second-order valence-corrected chi connectivity index (χ2v) is 5.92. The molecule has 0 saturated carbocycles. The zero-order chi connectivity index (χ0) is 19.0. The van der Waals surface area contributed by atoms with Gasteiger partial charge < -0.3 is 13.7 Å². The highest BCUT2D eigenvalue weighted by Crippen LogP contribution is 2.31. The normalized spacial score (nSPS) is 12.0. The second-order valence-electron chi connectivity index (χ2n) is 5.92. The zero-order valence-corrected chi connectivity index (χ0v) is 13.9. The lowest BCUT2D eigenvalue weighted by molar-refractivity contribution is -0.151. The van der Waals surface area contributed by atoms with Gasteiger partial charge in [0.2, 0.25) is 5.82 Å².